The van der Waals surface area contributed by atoms with E-state index in [9.17, 15) is 18.0 Å². The molecule has 1 saturated heterocycles. The molecule has 2 aromatic carbocycles. The number of hydrogen-bond acceptors (Lipinski definition) is 7. The number of carbonyl (C=O) groups excluding carboxylic acids is 2. The van der Waals surface area contributed by atoms with Gasteiger partial charge < -0.3 is 24.8 Å². The molecule has 1 fully saturated rings. The Kier molecular flexibility index (Phi) is 8.72. The highest BCUT2D eigenvalue weighted by molar-refractivity contribution is 7.89. The number of benzene rings is 2. The molecule has 2 amide bonds. The minimum absolute atomic E-state index is 0.0617. The maximum absolute atomic E-state index is 12.9. The first kappa shape index (κ1) is 25.8. The number of nitrogens with one attached hydrogen (secondary N) is 2. The first-order valence-corrected chi connectivity index (χ1v) is 12.2. The molecule has 0 spiro atoms. The largest absolute Gasteiger partial charge is 0.493 e. The number of carbonyl (C=O) groups is 2. The average molecular weight is 512 g/mol. The van der Waals surface area contributed by atoms with Crippen molar-refractivity contribution in [1.82, 2.24) is 14.9 Å². The summed E-state index contributed by atoms with van der Waals surface area (Å²) in [6, 6.07) is 11.1. The summed E-state index contributed by atoms with van der Waals surface area (Å²) in [7, 11) is -0.777. The van der Waals surface area contributed by atoms with Crippen LogP contribution in [0, 0.1) is 0 Å². The predicted molar refractivity (Wildman–Crippen MR) is 124 cm³/mol. The van der Waals surface area contributed by atoms with E-state index < -0.39 is 28.1 Å². The monoisotopic (exact) mass is 511 g/mol. The van der Waals surface area contributed by atoms with Gasteiger partial charge in [-0.2, -0.15) is 4.31 Å². The third-order valence-electron chi connectivity index (χ3n) is 5.15. The number of rotatable bonds is 9. The molecule has 1 heterocycles. The van der Waals surface area contributed by atoms with Gasteiger partial charge in [0.1, 0.15) is 6.23 Å². The maximum atomic E-state index is 12.9. The zero-order valence-corrected chi connectivity index (χ0v) is 20.3. The molecule has 0 unspecified atom stereocenters. The summed E-state index contributed by atoms with van der Waals surface area (Å²) in [5.41, 5.74) is 0.890. The van der Waals surface area contributed by atoms with Crippen LogP contribution in [0.5, 0.6) is 11.5 Å². The average Bonchev–Trinajstić information content (AvgIpc) is 3.32. The van der Waals surface area contributed by atoms with Crippen LogP contribution < -0.4 is 20.1 Å². The Morgan fingerprint density at radius 3 is 2.41 bits per heavy atom. The van der Waals surface area contributed by atoms with Gasteiger partial charge in [-0.25, -0.2) is 8.42 Å². The highest BCUT2D eigenvalue weighted by Crippen LogP contribution is 2.27. The summed E-state index contributed by atoms with van der Waals surface area (Å²) < 4.78 is 42.8. The molecule has 0 bridgehead atoms. The second-order valence-corrected chi connectivity index (χ2v) is 9.63. The lowest BCUT2D eigenvalue weighted by molar-refractivity contribution is -0.139. The fourth-order valence-electron chi connectivity index (χ4n) is 3.38. The van der Waals surface area contributed by atoms with E-state index in [2.05, 4.69) is 10.6 Å². The van der Waals surface area contributed by atoms with Crippen molar-refractivity contribution < 1.29 is 32.2 Å². The summed E-state index contributed by atoms with van der Waals surface area (Å²) in [4.78, 5) is 24.4. The third-order valence-corrected chi connectivity index (χ3v) is 7.31. The molecule has 12 heteroatoms. The van der Waals surface area contributed by atoms with Gasteiger partial charge in [-0.05, 0) is 48.4 Å². The van der Waals surface area contributed by atoms with Crippen molar-refractivity contribution in [2.45, 2.75) is 17.5 Å². The first-order chi connectivity index (χ1) is 16.3. The fourth-order valence-corrected chi connectivity index (χ4v) is 5.02. The van der Waals surface area contributed by atoms with Crippen molar-refractivity contribution in [3.8, 4) is 11.5 Å². The highest BCUT2D eigenvalue weighted by Gasteiger charge is 2.36. The second kappa shape index (κ2) is 11.5. The van der Waals surface area contributed by atoms with Gasteiger partial charge in [-0.1, -0.05) is 17.7 Å². The van der Waals surface area contributed by atoms with Crippen molar-refractivity contribution >= 4 is 33.4 Å². The number of halogens is 1. The number of sulfonamides is 1. The summed E-state index contributed by atoms with van der Waals surface area (Å²) >= 11 is 5.83. The third kappa shape index (κ3) is 6.17. The zero-order chi connectivity index (χ0) is 24.7. The smallest absolute Gasteiger partial charge is 0.309 e. The van der Waals surface area contributed by atoms with Crippen LogP contribution in [0.2, 0.25) is 5.02 Å². The lowest BCUT2D eigenvalue weighted by Gasteiger charge is -2.22. The van der Waals surface area contributed by atoms with E-state index in [1.807, 2.05) is 6.07 Å². The predicted octanol–water partition coefficient (Wildman–Crippen LogP) is 1.18. The molecule has 0 aliphatic carbocycles. The lowest BCUT2D eigenvalue weighted by atomic mass is 10.1. The number of methoxy groups -OCH3 is 2. The molecule has 0 aromatic heterocycles. The normalized spacial score (nSPS) is 16.1. The van der Waals surface area contributed by atoms with Gasteiger partial charge in [0, 0.05) is 18.1 Å². The minimum Gasteiger partial charge on any atom is -0.493 e. The lowest BCUT2D eigenvalue weighted by Crippen LogP contribution is -2.47. The maximum Gasteiger partial charge on any atom is 0.309 e. The molecule has 3 rings (SSSR count). The highest BCUT2D eigenvalue weighted by atomic mass is 35.5. The Labute approximate surface area is 203 Å². The number of ether oxygens (including phenoxy) is 3. The van der Waals surface area contributed by atoms with Gasteiger partial charge in [-0.3, -0.25) is 9.59 Å². The molecule has 0 saturated carbocycles. The van der Waals surface area contributed by atoms with Crippen molar-refractivity contribution in [3.63, 3.8) is 0 Å². The van der Waals surface area contributed by atoms with Gasteiger partial charge in [-0.15, -0.1) is 0 Å². The first-order valence-electron chi connectivity index (χ1n) is 10.4. The molecular formula is C22H26ClN3O7S. The molecular weight excluding hydrogens is 486 g/mol. The van der Waals surface area contributed by atoms with E-state index in [0.29, 0.717) is 22.9 Å². The Hall–Kier alpha value is -2.86. The van der Waals surface area contributed by atoms with Crippen molar-refractivity contribution in [2.24, 2.45) is 0 Å². The zero-order valence-electron chi connectivity index (χ0n) is 18.7. The summed E-state index contributed by atoms with van der Waals surface area (Å²) in [6.45, 7) is 0.349. The van der Waals surface area contributed by atoms with Crippen molar-refractivity contribution in [2.75, 3.05) is 40.5 Å². The Morgan fingerprint density at radius 1 is 1.06 bits per heavy atom. The van der Waals surface area contributed by atoms with Crippen LogP contribution >= 0.6 is 11.6 Å². The second-order valence-electron chi connectivity index (χ2n) is 7.30. The molecule has 10 nitrogen and oxygen atoms in total. The van der Waals surface area contributed by atoms with Gasteiger partial charge in [0.25, 0.3) is 0 Å². The van der Waals surface area contributed by atoms with Crippen LogP contribution in [-0.2, 0) is 30.8 Å². The Balaban J connectivity index is 1.49. The van der Waals surface area contributed by atoms with Crippen molar-refractivity contribution in [3.05, 3.63) is 53.1 Å². The van der Waals surface area contributed by atoms with Crippen LogP contribution in [-0.4, -0.2) is 71.2 Å². The van der Waals surface area contributed by atoms with Crippen LogP contribution in [0.4, 0.5) is 0 Å². The Morgan fingerprint density at radius 2 is 1.74 bits per heavy atom. The van der Waals surface area contributed by atoms with E-state index in [0.717, 1.165) is 9.87 Å². The molecule has 184 valence electrons. The fraction of sp³-hybridized carbons (Fsp3) is 0.364. The van der Waals surface area contributed by atoms with Crippen LogP contribution in [0.1, 0.15) is 5.56 Å². The van der Waals surface area contributed by atoms with E-state index in [4.69, 9.17) is 25.8 Å². The molecule has 1 aliphatic rings. The standard InChI is InChI=1S/C22H26ClN3O7S/c1-31-18-8-3-15(13-19(18)32-2)9-10-24-21(27)22(28)25-14-20-26(11-12-33-20)34(29,30)17-6-4-16(23)5-7-17/h3-8,13,20H,9-12,14H2,1-2H3,(H,24,27)(H,25,28)/t20-/m0/s1. The van der Waals surface area contributed by atoms with Gasteiger partial charge in [0.15, 0.2) is 11.5 Å². The molecule has 0 radical (unpaired) electrons. The van der Waals surface area contributed by atoms with E-state index in [1.54, 1.807) is 19.2 Å². The summed E-state index contributed by atoms with van der Waals surface area (Å²) in [5.74, 6) is -0.549. The topological polar surface area (TPSA) is 123 Å². The molecule has 1 aliphatic heterocycles. The number of nitrogens with zero attached hydrogens (tertiary/aromatic N) is 1. The molecule has 2 aromatic rings. The molecule has 34 heavy (non-hydrogen) atoms. The SMILES string of the molecule is COc1ccc(CCNC(=O)C(=O)NC[C@@H]2OCCN2S(=O)(=O)c2ccc(Cl)cc2)cc1OC. The quantitative estimate of drug-likeness (QED) is 0.484. The van der Waals surface area contributed by atoms with Gasteiger partial charge in [0.05, 0.1) is 32.3 Å². The number of amides is 2. The summed E-state index contributed by atoms with van der Waals surface area (Å²) in [6.07, 6.45) is -0.456. The van der Waals surface area contributed by atoms with Crippen LogP contribution in [0.3, 0.4) is 0 Å². The van der Waals surface area contributed by atoms with Crippen LogP contribution in [0.25, 0.3) is 0 Å². The van der Waals surface area contributed by atoms with Crippen LogP contribution in [0.15, 0.2) is 47.4 Å². The van der Waals surface area contributed by atoms with Gasteiger partial charge >= 0.3 is 11.8 Å². The van der Waals surface area contributed by atoms with Gasteiger partial charge in [0.2, 0.25) is 10.0 Å². The minimum atomic E-state index is -3.85. The Bertz CT molecular complexity index is 1130. The molecule has 2 N–H and O–H groups in total. The van der Waals surface area contributed by atoms with E-state index in [-0.39, 0.29) is 31.1 Å². The molecule has 1 atom stereocenters. The van der Waals surface area contributed by atoms with E-state index >= 15 is 0 Å². The summed E-state index contributed by atoms with van der Waals surface area (Å²) in [5, 5.41) is 5.38. The number of hydrogen-bond donors (Lipinski definition) is 2. The van der Waals surface area contributed by atoms with E-state index in [1.165, 1.54) is 31.4 Å². The van der Waals surface area contributed by atoms with Crippen molar-refractivity contribution in [1.29, 1.82) is 0 Å².